The molecule has 0 bridgehead atoms. The zero-order chi connectivity index (χ0) is 13.6. The Morgan fingerprint density at radius 1 is 1.00 bits per heavy atom. The summed E-state index contributed by atoms with van der Waals surface area (Å²) >= 11 is 0. The number of hydrogen-bond acceptors (Lipinski definition) is 3. The van der Waals surface area contributed by atoms with Gasteiger partial charge in [-0.25, -0.2) is 4.79 Å². The van der Waals surface area contributed by atoms with E-state index in [0.717, 1.165) is 10.1 Å². The molecule has 1 aromatic carbocycles. The van der Waals surface area contributed by atoms with Crippen LogP contribution < -0.4 is 11.2 Å². The molecule has 19 heavy (non-hydrogen) atoms. The summed E-state index contributed by atoms with van der Waals surface area (Å²) in [5, 5.41) is 0. The minimum absolute atomic E-state index is 0.0705. The highest BCUT2D eigenvalue weighted by Crippen LogP contribution is 2.50. The van der Waals surface area contributed by atoms with E-state index in [1.165, 1.54) is 17.7 Å². The molecule has 98 valence electrons. The first-order valence-electron chi connectivity index (χ1n) is 6.07. The molecule has 2 atom stereocenters. The number of hydrogen-bond donors (Lipinski definition) is 0. The van der Waals surface area contributed by atoms with Crippen molar-refractivity contribution < 1.29 is 4.74 Å². The van der Waals surface area contributed by atoms with Gasteiger partial charge in [0.1, 0.15) is 12.2 Å². The lowest BCUT2D eigenvalue weighted by Crippen LogP contribution is -2.37. The van der Waals surface area contributed by atoms with Crippen molar-refractivity contribution in [1.29, 1.82) is 0 Å². The molecule has 1 aliphatic heterocycles. The molecule has 1 aliphatic rings. The van der Waals surface area contributed by atoms with Crippen molar-refractivity contribution >= 4 is 0 Å². The van der Waals surface area contributed by atoms with Gasteiger partial charge in [-0.3, -0.25) is 13.9 Å². The van der Waals surface area contributed by atoms with Crippen molar-refractivity contribution in [2.24, 2.45) is 14.1 Å². The van der Waals surface area contributed by atoms with E-state index in [1.807, 2.05) is 30.3 Å². The summed E-state index contributed by atoms with van der Waals surface area (Å²) in [5.41, 5.74) is 1.05. The van der Waals surface area contributed by atoms with E-state index in [9.17, 15) is 9.59 Å². The third kappa shape index (κ3) is 1.92. The predicted octanol–water partition coefficient (Wildman–Crippen LogP) is 0.897. The average molecular weight is 258 g/mol. The van der Waals surface area contributed by atoms with Crippen LogP contribution in [0.25, 0.3) is 0 Å². The Hall–Kier alpha value is -2.14. The van der Waals surface area contributed by atoms with Crippen LogP contribution in [-0.4, -0.2) is 9.13 Å². The van der Waals surface area contributed by atoms with E-state index in [2.05, 4.69) is 0 Å². The standard InChI is InChI=1S/C14H14N2O3/c1-15-10(8-11(17)16(2)14(15)18)13-12(19-13)9-6-4-3-5-7-9/h3-8,12-13H,1-2H3/t12-,13+/m1/s1. The fourth-order valence-corrected chi connectivity index (χ4v) is 2.26. The molecule has 1 saturated heterocycles. The van der Waals surface area contributed by atoms with Gasteiger partial charge in [0, 0.05) is 20.2 Å². The van der Waals surface area contributed by atoms with Gasteiger partial charge in [-0.2, -0.15) is 0 Å². The smallest absolute Gasteiger partial charge is 0.330 e. The minimum atomic E-state index is -0.329. The fraction of sp³-hybridized carbons (Fsp3) is 0.286. The minimum Gasteiger partial charge on any atom is -0.358 e. The molecule has 3 rings (SSSR count). The molecule has 0 N–H and O–H groups in total. The van der Waals surface area contributed by atoms with Crippen LogP contribution in [0.5, 0.6) is 0 Å². The van der Waals surface area contributed by atoms with Crippen LogP contribution in [0.2, 0.25) is 0 Å². The second-order valence-electron chi connectivity index (χ2n) is 4.70. The Balaban J connectivity index is 1.99. The van der Waals surface area contributed by atoms with E-state index in [-0.39, 0.29) is 23.5 Å². The molecule has 0 spiro atoms. The lowest BCUT2D eigenvalue weighted by molar-refractivity contribution is 0.369. The monoisotopic (exact) mass is 258 g/mol. The number of benzene rings is 1. The van der Waals surface area contributed by atoms with E-state index in [1.54, 1.807) is 7.05 Å². The van der Waals surface area contributed by atoms with E-state index in [4.69, 9.17) is 4.74 Å². The maximum Gasteiger partial charge on any atom is 0.330 e. The molecule has 0 unspecified atom stereocenters. The molecule has 5 nitrogen and oxygen atoms in total. The van der Waals surface area contributed by atoms with E-state index < -0.39 is 0 Å². The number of nitrogens with zero attached hydrogens (tertiary/aromatic N) is 2. The van der Waals surface area contributed by atoms with Gasteiger partial charge in [-0.05, 0) is 5.56 Å². The van der Waals surface area contributed by atoms with Gasteiger partial charge in [0.2, 0.25) is 0 Å². The Morgan fingerprint density at radius 2 is 1.68 bits per heavy atom. The molecule has 2 heterocycles. The number of ether oxygens (including phenoxy) is 1. The van der Waals surface area contributed by atoms with Crippen LogP contribution >= 0.6 is 0 Å². The highest BCUT2D eigenvalue weighted by Gasteiger charge is 2.43. The van der Waals surface area contributed by atoms with Gasteiger partial charge in [-0.1, -0.05) is 30.3 Å². The first-order valence-corrected chi connectivity index (χ1v) is 6.07. The molecule has 1 fully saturated rings. The maximum atomic E-state index is 11.9. The van der Waals surface area contributed by atoms with Gasteiger partial charge in [0.15, 0.2) is 0 Å². The Labute approximate surface area is 109 Å². The summed E-state index contributed by atoms with van der Waals surface area (Å²) in [4.78, 5) is 23.5. The SMILES string of the molecule is Cn1c([C@@H]2O[C@@H]2c2ccccc2)cc(=O)n(C)c1=O. The van der Waals surface area contributed by atoms with Crippen molar-refractivity contribution in [3.8, 4) is 0 Å². The summed E-state index contributed by atoms with van der Waals surface area (Å²) in [6.07, 6.45) is -0.284. The van der Waals surface area contributed by atoms with Crippen molar-refractivity contribution in [2.75, 3.05) is 0 Å². The van der Waals surface area contributed by atoms with Crippen molar-refractivity contribution in [3.05, 3.63) is 68.5 Å². The molecule has 2 aromatic rings. The number of rotatable bonds is 2. The van der Waals surface area contributed by atoms with Crippen molar-refractivity contribution in [1.82, 2.24) is 9.13 Å². The zero-order valence-electron chi connectivity index (χ0n) is 10.7. The van der Waals surface area contributed by atoms with Gasteiger partial charge in [0.25, 0.3) is 5.56 Å². The van der Waals surface area contributed by atoms with Crippen LogP contribution in [0, 0.1) is 0 Å². The topological polar surface area (TPSA) is 56.5 Å². The molecule has 0 saturated carbocycles. The Kier molecular flexibility index (Phi) is 2.64. The first kappa shape index (κ1) is 11.9. The quantitative estimate of drug-likeness (QED) is 0.752. The Morgan fingerprint density at radius 3 is 2.37 bits per heavy atom. The third-order valence-corrected chi connectivity index (χ3v) is 3.47. The summed E-state index contributed by atoms with van der Waals surface area (Å²) in [6, 6.07) is 11.2. The maximum absolute atomic E-state index is 11.9. The third-order valence-electron chi connectivity index (χ3n) is 3.47. The highest BCUT2D eigenvalue weighted by molar-refractivity contribution is 5.26. The molecule has 0 radical (unpaired) electrons. The largest absolute Gasteiger partial charge is 0.358 e. The zero-order valence-corrected chi connectivity index (χ0v) is 10.7. The normalized spacial score (nSPS) is 21.4. The van der Waals surface area contributed by atoms with Crippen molar-refractivity contribution in [3.63, 3.8) is 0 Å². The molecule has 5 heteroatoms. The first-order chi connectivity index (χ1) is 9.09. The van der Waals surface area contributed by atoms with Crippen LogP contribution in [0.4, 0.5) is 0 Å². The predicted molar refractivity (Wildman–Crippen MR) is 69.9 cm³/mol. The number of aromatic nitrogens is 2. The van der Waals surface area contributed by atoms with Gasteiger partial charge in [0.05, 0.1) is 5.69 Å². The Bertz CT molecular complexity index is 731. The highest BCUT2D eigenvalue weighted by atomic mass is 16.6. The van der Waals surface area contributed by atoms with E-state index >= 15 is 0 Å². The molecule has 0 amide bonds. The second-order valence-corrected chi connectivity index (χ2v) is 4.70. The molecular formula is C14H14N2O3. The number of epoxide rings is 1. The summed E-state index contributed by atoms with van der Waals surface area (Å²) in [5.74, 6) is 0. The summed E-state index contributed by atoms with van der Waals surface area (Å²) in [7, 11) is 3.12. The summed E-state index contributed by atoms with van der Waals surface area (Å²) < 4.78 is 8.17. The lowest BCUT2D eigenvalue weighted by atomic mass is 10.1. The van der Waals surface area contributed by atoms with Gasteiger partial charge in [-0.15, -0.1) is 0 Å². The van der Waals surface area contributed by atoms with Gasteiger partial charge < -0.3 is 4.74 Å². The van der Waals surface area contributed by atoms with E-state index in [0.29, 0.717) is 5.69 Å². The molecule has 1 aromatic heterocycles. The van der Waals surface area contributed by atoms with Crippen LogP contribution in [-0.2, 0) is 18.8 Å². The lowest BCUT2D eigenvalue weighted by Gasteiger charge is -2.06. The van der Waals surface area contributed by atoms with Crippen LogP contribution in [0.15, 0.2) is 46.0 Å². The fourth-order valence-electron chi connectivity index (χ4n) is 2.26. The van der Waals surface area contributed by atoms with Crippen molar-refractivity contribution in [2.45, 2.75) is 12.2 Å². The van der Waals surface area contributed by atoms with Crippen LogP contribution in [0.1, 0.15) is 23.5 Å². The molecular weight excluding hydrogens is 244 g/mol. The molecule has 0 aliphatic carbocycles. The van der Waals surface area contributed by atoms with Crippen LogP contribution in [0.3, 0.4) is 0 Å². The average Bonchev–Trinajstić information content (AvgIpc) is 3.22. The second kappa shape index (κ2) is 4.20. The summed E-state index contributed by atoms with van der Waals surface area (Å²) in [6.45, 7) is 0. The van der Waals surface area contributed by atoms with Gasteiger partial charge >= 0.3 is 5.69 Å².